The molecule has 0 radical (unpaired) electrons. The standard InChI is InChI=1S/C21H22BrF6N5O3/c22-15-8-12(9-33-19(15)36-11-20(23,24)25)17(34)30-6-7-31-18(35)14(16(29)21(26,27)28)10-32-13-4-2-1-3-5-13/h1-2,8-10,13,29,32H,3-7,11H2,(H,30,34)(H,31,35)/p+1/b14-10+,29-16?. The average Bonchev–Trinajstić information content (AvgIpc) is 2.80. The molecule has 198 valence electrons. The fourth-order valence-corrected chi connectivity index (χ4v) is 3.47. The third kappa shape index (κ3) is 9.60. The van der Waals surface area contributed by atoms with Crippen LogP contribution >= 0.6 is 15.9 Å². The van der Waals surface area contributed by atoms with Gasteiger partial charge in [-0.2, -0.15) is 26.3 Å². The summed E-state index contributed by atoms with van der Waals surface area (Å²) in [7, 11) is 0. The van der Waals surface area contributed by atoms with Crippen LogP contribution in [0.4, 0.5) is 26.3 Å². The number of ether oxygens (including phenoxy) is 1. The molecule has 0 aliphatic heterocycles. The van der Waals surface area contributed by atoms with Gasteiger partial charge in [-0.15, -0.1) is 0 Å². The molecule has 0 spiro atoms. The predicted molar refractivity (Wildman–Crippen MR) is 119 cm³/mol. The molecule has 2 amide bonds. The van der Waals surface area contributed by atoms with Gasteiger partial charge in [0.1, 0.15) is 11.8 Å². The first kappa shape index (κ1) is 29.3. The van der Waals surface area contributed by atoms with Crippen molar-refractivity contribution in [1.82, 2.24) is 15.6 Å². The van der Waals surface area contributed by atoms with Crippen LogP contribution in [-0.2, 0) is 4.79 Å². The van der Waals surface area contributed by atoms with Gasteiger partial charge in [-0.05, 0) is 28.4 Å². The van der Waals surface area contributed by atoms with Crippen LogP contribution in [-0.4, -0.2) is 60.6 Å². The van der Waals surface area contributed by atoms with E-state index in [1.807, 2.05) is 12.2 Å². The molecule has 1 aromatic heterocycles. The summed E-state index contributed by atoms with van der Waals surface area (Å²) in [4.78, 5) is 28.2. The molecule has 2 rings (SSSR count). The molecule has 36 heavy (non-hydrogen) atoms. The number of amides is 2. The highest BCUT2D eigenvalue weighted by Crippen LogP contribution is 2.25. The number of hydrogen-bond acceptors (Lipinski definition) is 5. The van der Waals surface area contributed by atoms with Gasteiger partial charge in [0.2, 0.25) is 5.88 Å². The van der Waals surface area contributed by atoms with E-state index in [1.165, 1.54) is 11.4 Å². The third-order valence-electron chi connectivity index (χ3n) is 4.78. The molecule has 8 nitrogen and oxygen atoms in total. The smallest absolute Gasteiger partial charge is 0.433 e. The molecule has 1 atom stereocenters. The quantitative estimate of drug-likeness (QED) is 0.111. The molecule has 1 heterocycles. The van der Waals surface area contributed by atoms with Gasteiger partial charge in [-0.1, -0.05) is 12.2 Å². The number of nitrogens with two attached hydrogens (primary N) is 1. The minimum atomic E-state index is -5.02. The number of allylic oxidation sites excluding steroid dienone is 1. The summed E-state index contributed by atoms with van der Waals surface area (Å²) in [5.74, 6) is -2.19. The van der Waals surface area contributed by atoms with Crippen molar-refractivity contribution in [3.63, 3.8) is 0 Å². The maximum atomic E-state index is 13.1. The number of quaternary nitrogens is 1. The van der Waals surface area contributed by atoms with Crippen LogP contribution in [0.3, 0.4) is 0 Å². The van der Waals surface area contributed by atoms with Crippen LogP contribution in [0.25, 0.3) is 0 Å². The number of nitrogens with zero attached hydrogens (tertiary/aromatic N) is 1. The zero-order valence-corrected chi connectivity index (χ0v) is 20.2. The van der Waals surface area contributed by atoms with E-state index in [-0.39, 0.29) is 35.0 Å². The number of nitrogens with one attached hydrogen (secondary N) is 3. The van der Waals surface area contributed by atoms with E-state index in [0.29, 0.717) is 12.8 Å². The zero-order chi connectivity index (χ0) is 26.9. The molecule has 1 unspecified atom stereocenters. The highest BCUT2D eigenvalue weighted by atomic mass is 79.9. The second-order valence-corrected chi connectivity index (χ2v) is 8.47. The Morgan fingerprint density at radius 2 is 1.89 bits per heavy atom. The molecular formula is C21H23BrF6N5O3+. The van der Waals surface area contributed by atoms with Crippen molar-refractivity contribution in [3.05, 3.63) is 46.2 Å². The number of aromatic nitrogens is 1. The molecule has 1 aliphatic carbocycles. The molecular weight excluding hydrogens is 564 g/mol. The lowest BCUT2D eigenvalue weighted by Crippen LogP contribution is -2.85. The van der Waals surface area contributed by atoms with Crippen molar-refractivity contribution >= 4 is 33.5 Å². The first-order chi connectivity index (χ1) is 16.8. The fourth-order valence-electron chi connectivity index (χ4n) is 3.00. The first-order valence-corrected chi connectivity index (χ1v) is 11.3. The molecule has 0 saturated carbocycles. The van der Waals surface area contributed by atoms with Gasteiger partial charge in [-0.3, -0.25) is 15.0 Å². The average molecular weight is 587 g/mol. The largest absolute Gasteiger partial charge is 0.467 e. The van der Waals surface area contributed by atoms with Crippen molar-refractivity contribution in [2.45, 2.75) is 37.7 Å². The second kappa shape index (κ2) is 12.9. The monoisotopic (exact) mass is 586 g/mol. The van der Waals surface area contributed by atoms with Crippen LogP contribution in [0, 0.1) is 5.41 Å². The lowest BCUT2D eigenvalue weighted by molar-refractivity contribution is -0.627. The number of halogens is 7. The van der Waals surface area contributed by atoms with Gasteiger partial charge in [0.15, 0.2) is 12.3 Å². The summed E-state index contributed by atoms with van der Waals surface area (Å²) in [6.45, 7) is -2.00. The molecule has 1 aliphatic rings. The number of carbonyl (C=O) groups is 2. The number of pyridine rings is 1. The van der Waals surface area contributed by atoms with E-state index in [4.69, 9.17) is 5.41 Å². The number of hydrogen-bond donors (Lipinski definition) is 4. The number of alkyl halides is 6. The number of rotatable bonds is 10. The Hall–Kier alpha value is -2.94. The van der Waals surface area contributed by atoms with Crippen LogP contribution in [0.15, 0.2) is 40.7 Å². The van der Waals surface area contributed by atoms with Crippen LogP contribution in [0.5, 0.6) is 5.88 Å². The summed E-state index contributed by atoms with van der Waals surface area (Å²) in [6, 6.07) is 1.13. The van der Waals surface area contributed by atoms with Gasteiger partial charge < -0.3 is 20.7 Å². The van der Waals surface area contributed by atoms with Crippen molar-refractivity contribution in [3.8, 4) is 5.88 Å². The lowest BCUT2D eigenvalue weighted by Gasteiger charge is -2.16. The third-order valence-corrected chi connectivity index (χ3v) is 5.35. The highest BCUT2D eigenvalue weighted by molar-refractivity contribution is 9.10. The highest BCUT2D eigenvalue weighted by Gasteiger charge is 2.40. The molecule has 0 fully saturated rings. The van der Waals surface area contributed by atoms with E-state index in [0.717, 1.165) is 18.8 Å². The SMILES string of the molecule is N=C(/C(=C\[NH2+]C1CC=CCC1)C(=O)NCCNC(=O)c1cnc(OCC(F)(F)F)c(Br)c1)C(F)(F)F. The summed E-state index contributed by atoms with van der Waals surface area (Å²) in [6.07, 6.45) is -1.65. The Labute approximate surface area is 210 Å². The van der Waals surface area contributed by atoms with Crippen LogP contribution < -0.4 is 20.7 Å². The van der Waals surface area contributed by atoms with E-state index < -0.39 is 42.1 Å². The topological polar surface area (TPSA) is 121 Å². The lowest BCUT2D eigenvalue weighted by atomic mass is 10.0. The van der Waals surface area contributed by atoms with E-state index in [9.17, 15) is 35.9 Å². The van der Waals surface area contributed by atoms with Crippen molar-refractivity contribution in [1.29, 1.82) is 5.41 Å². The van der Waals surface area contributed by atoms with Crippen molar-refractivity contribution in [2.24, 2.45) is 0 Å². The second-order valence-electron chi connectivity index (χ2n) is 7.62. The Morgan fingerprint density at radius 1 is 1.19 bits per heavy atom. The normalized spacial score (nSPS) is 16.4. The molecule has 0 bridgehead atoms. The van der Waals surface area contributed by atoms with E-state index in [2.05, 4.69) is 36.3 Å². The minimum absolute atomic E-state index is 0.00199. The fraction of sp³-hybridized carbons (Fsp3) is 0.429. The summed E-state index contributed by atoms with van der Waals surface area (Å²) >= 11 is 2.96. The zero-order valence-electron chi connectivity index (χ0n) is 18.6. The van der Waals surface area contributed by atoms with Gasteiger partial charge in [0.25, 0.3) is 11.8 Å². The first-order valence-electron chi connectivity index (χ1n) is 10.6. The molecule has 0 aromatic carbocycles. The van der Waals surface area contributed by atoms with Crippen LogP contribution in [0.1, 0.15) is 29.6 Å². The molecule has 15 heteroatoms. The summed E-state index contributed by atoms with van der Waals surface area (Å²) in [5, 5.41) is 13.5. The van der Waals surface area contributed by atoms with E-state index in [1.54, 1.807) is 0 Å². The minimum Gasteiger partial charge on any atom is -0.467 e. The van der Waals surface area contributed by atoms with Crippen LogP contribution in [0.2, 0.25) is 0 Å². The van der Waals surface area contributed by atoms with Gasteiger partial charge in [-0.25, -0.2) is 4.98 Å². The Bertz CT molecular complexity index is 1030. The summed E-state index contributed by atoms with van der Waals surface area (Å²) < 4.78 is 80.5. The maximum absolute atomic E-state index is 13.1. The Morgan fingerprint density at radius 3 is 2.47 bits per heavy atom. The molecule has 5 N–H and O–H groups in total. The van der Waals surface area contributed by atoms with Crippen molar-refractivity contribution in [2.75, 3.05) is 19.7 Å². The van der Waals surface area contributed by atoms with Gasteiger partial charge in [0.05, 0.1) is 16.1 Å². The molecule has 1 aromatic rings. The predicted octanol–water partition coefficient (Wildman–Crippen LogP) is 2.77. The van der Waals surface area contributed by atoms with Gasteiger partial charge >= 0.3 is 12.4 Å². The molecule has 0 saturated heterocycles. The maximum Gasteiger partial charge on any atom is 0.433 e. The van der Waals surface area contributed by atoms with Gasteiger partial charge in [0, 0.05) is 32.1 Å². The Balaban J connectivity index is 1.91. The van der Waals surface area contributed by atoms with E-state index >= 15 is 0 Å². The Kier molecular flexibility index (Phi) is 10.5. The summed E-state index contributed by atoms with van der Waals surface area (Å²) in [5.41, 5.74) is -2.66. The number of carbonyl (C=O) groups excluding carboxylic acids is 2. The van der Waals surface area contributed by atoms with Crippen molar-refractivity contribution < 1.29 is 46.0 Å².